The van der Waals surface area contributed by atoms with Crippen LogP contribution in [0.3, 0.4) is 0 Å². The van der Waals surface area contributed by atoms with Crippen LogP contribution in [0.1, 0.15) is 37.5 Å². The van der Waals surface area contributed by atoms with Gasteiger partial charge in [0.2, 0.25) is 0 Å². The molecule has 118 valence electrons. The van der Waals surface area contributed by atoms with Crippen molar-refractivity contribution in [3.63, 3.8) is 0 Å². The lowest BCUT2D eigenvalue weighted by Gasteiger charge is -2.24. The molecule has 0 bridgehead atoms. The largest absolute Gasteiger partial charge is 0.477 e. The standard InChI is InChI=1S/C14H18N4O3S/c1-8-4-5-22-12(8)9(18(2)3)6-15-13(19)10-11(14(20)21)17-7-16-10/h4-5,7,9H,6H2,1-3H3,(H,15,19)(H,16,17)(H,20,21)/t9-/m1/s1. The van der Waals surface area contributed by atoms with Gasteiger partial charge >= 0.3 is 5.97 Å². The van der Waals surface area contributed by atoms with Crippen molar-refractivity contribution in [1.29, 1.82) is 0 Å². The molecule has 2 aromatic heterocycles. The molecule has 22 heavy (non-hydrogen) atoms. The molecule has 3 N–H and O–H groups in total. The molecule has 0 radical (unpaired) electrons. The molecule has 2 heterocycles. The predicted molar refractivity (Wildman–Crippen MR) is 83.4 cm³/mol. The number of carboxylic acids is 1. The molecule has 2 aromatic rings. The van der Waals surface area contributed by atoms with Gasteiger partial charge in [0.25, 0.3) is 5.91 Å². The molecule has 8 heteroatoms. The fourth-order valence-electron chi connectivity index (χ4n) is 2.14. The SMILES string of the molecule is Cc1ccsc1[C@@H](CNC(=O)c1nc[nH]c1C(=O)O)N(C)C. The third-order valence-electron chi connectivity index (χ3n) is 3.35. The van der Waals surface area contributed by atoms with Crippen molar-refractivity contribution in [2.45, 2.75) is 13.0 Å². The minimum absolute atomic E-state index is 0.0242. The lowest BCUT2D eigenvalue weighted by molar-refractivity contribution is 0.0684. The number of nitrogens with zero attached hydrogens (tertiary/aromatic N) is 2. The summed E-state index contributed by atoms with van der Waals surface area (Å²) in [4.78, 5) is 32.6. The predicted octanol–water partition coefficient (Wildman–Crippen LogP) is 1.51. The second-order valence-electron chi connectivity index (χ2n) is 5.09. The highest BCUT2D eigenvalue weighted by Crippen LogP contribution is 2.26. The number of hydrogen-bond donors (Lipinski definition) is 3. The van der Waals surface area contributed by atoms with Gasteiger partial charge in [0.15, 0.2) is 11.4 Å². The summed E-state index contributed by atoms with van der Waals surface area (Å²) in [5.74, 6) is -1.71. The minimum Gasteiger partial charge on any atom is -0.477 e. The lowest BCUT2D eigenvalue weighted by Crippen LogP contribution is -2.35. The van der Waals surface area contributed by atoms with E-state index in [1.165, 1.54) is 16.8 Å². The quantitative estimate of drug-likeness (QED) is 0.749. The van der Waals surface area contributed by atoms with Crippen molar-refractivity contribution in [3.8, 4) is 0 Å². The van der Waals surface area contributed by atoms with Gasteiger partial charge in [-0.15, -0.1) is 11.3 Å². The number of carboxylic acid groups (broad SMARTS) is 1. The fraction of sp³-hybridized carbons (Fsp3) is 0.357. The number of H-pyrrole nitrogens is 1. The highest BCUT2D eigenvalue weighted by atomic mass is 32.1. The normalized spacial score (nSPS) is 12.4. The monoisotopic (exact) mass is 322 g/mol. The topological polar surface area (TPSA) is 98.3 Å². The van der Waals surface area contributed by atoms with Crippen LogP contribution >= 0.6 is 11.3 Å². The smallest absolute Gasteiger partial charge is 0.354 e. The Labute approximate surface area is 132 Å². The molecule has 0 saturated carbocycles. The number of aromatic nitrogens is 2. The zero-order valence-electron chi connectivity index (χ0n) is 12.6. The van der Waals surface area contributed by atoms with Crippen LogP contribution in [0.2, 0.25) is 0 Å². The number of carbonyl (C=O) groups excluding carboxylic acids is 1. The average Bonchev–Trinajstić information content (AvgIpc) is 3.08. The first-order valence-electron chi connectivity index (χ1n) is 6.67. The first-order valence-corrected chi connectivity index (χ1v) is 7.55. The zero-order valence-corrected chi connectivity index (χ0v) is 13.4. The molecular weight excluding hydrogens is 304 g/mol. The fourth-order valence-corrected chi connectivity index (χ4v) is 3.26. The third kappa shape index (κ3) is 3.34. The molecule has 2 rings (SSSR count). The van der Waals surface area contributed by atoms with E-state index in [-0.39, 0.29) is 17.4 Å². The molecule has 1 amide bonds. The molecule has 0 aliphatic rings. The van der Waals surface area contributed by atoms with Crippen LogP contribution in [-0.4, -0.2) is 52.5 Å². The summed E-state index contributed by atoms with van der Waals surface area (Å²) in [6, 6.07) is 2.06. The molecule has 0 spiro atoms. The van der Waals surface area contributed by atoms with E-state index < -0.39 is 11.9 Å². The number of likely N-dealkylation sites (N-methyl/N-ethyl adjacent to an activating group) is 1. The number of imidazole rings is 1. The molecule has 0 saturated heterocycles. The van der Waals surface area contributed by atoms with Gasteiger partial charge in [0.1, 0.15) is 0 Å². The molecule has 7 nitrogen and oxygen atoms in total. The van der Waals surface area contributed by atoms with Gasteiger partial charge in [0.05, 0.1) is 12.4 Å². The van der Waals surface area contributed by atoms with Crippen molar-refractivity contribution < 1.29 is 14.7 Å². The van der Waals surface area contributed by atoms with Crippen molar-refractivity contribution >= 4 is 23.2 Å². The van der Waals surface area contributed by atoms with Gasteiger partial charge in [-0.1, -0.05) is 0 Å². The van der Waals surface area contributed by atoms with Crippen LogP contribution in [-0.2, 0) is 0 Å². The van der Waals surface area contributed by atoms with Gasteiger partial charge in [-0.25, -0.2) is 9.78 Å². The number of aryl methyl sites for hydroxylation is 1. The molecular formula is C14H18N4O3S. The Kier molecular flexibility index (Phi) is 4.94. The van der Waals surface area contributed by atoms with Crippen LogP contribution in [0.4, 0.5) is 0 Å². The molecule has 0 fully saturated rings. The van der Waals surface area contributed by atoms with Crippen molar-refractivity contribution in [1.82, 2.24) is 20.2 Å². The van der Waals surface area contributed by atoms with E-state index in [0.29, 0.717) is 6.54 Å². The third-order valence-corrected chi connectivity index (χ3v) is 4.47. The maximum Gasteiger partial charge on any atom is 0.354 e. The Morgan fingerprint density at radius 2 is 2.23 bits per heavy atom. The summed E-state index contributed by atoms with van der Waals surface area (Å²) < 4.78 is 0. The first kappa shape index (κ1) is 16.2. The van der Waals surface area contributed by atoms with Crippen LogP contribution < -0.4 is 5.32 Å². The van der Waals surface area contributed by atoms with Gasteiger partial charge in [-0.3, -0.25) is 4.79 Å². The number of aromatic carboxylic acids is 1. The number of rotatable bonds is 6. The Morgan fingerprint density at radius 3 is 2.77 bits per heavy atom. The maximum atomic E-state index is 12.1. The van der Waals surface area contributed by atoms with E-state index in [1.54, 1.807) is 11.3 Å². The molecule has 1 atom stereocenters. The summed E-state index contributed by atoms with van der Waals surface area (Å²) in [6.45, 7) is 2.40. The number of aromatic amines is 1. The van der Waals surface area contributed by atoms with E-state index in [1.807, 2.05) is 37.4 Å². The summed E-state index contributed by atoms with van der Waals surface area (Å²) >= 11 is 1.63. The van der Waals surface area contributed by atoms with Gasteiger partial charge in [-0.2, -0.15) is 0 Å². The summed E-state index contributed by atoms with van der Waals surface area (Å²) in [5.41, 5.74) is 0.864. The highest BCUT2D eigenvalue weighted by molar-refractivity contribution is 7.10. The summed E-state index contributed by atoms with van der Waals surface area (Å²) in [6.07, 6.45) is 1.20. The number of hydrogen-bond acceptors (Lipinski definition) is 5. The van der Waals surface area contributed by atoms with Crippen LogP contribution in [0.15, 0.2) is 17.8 Å². The van der Waals surface area contributed by atoms with Gasteiger partial charge in [-0.05, 0) is 38.0 Å². The summed E-state index contributed by atoms with van der Waals surface area (Å²) in [5, 5.41) is 13.8. The molecule has 0 aromatic carbocycles. The maximum absolute atomic E-state index is 12.1. The Balaban J connectivity index is 2.10. The second kappa shape index (κ2) is 6.71. The van der Waals surface area contributed by atoms with E-state index in [4.69, 9.17) is 5.11 Å². The molecule has 0 aliphatic carbocycles. The molecule has 0 aliphatic heterocycles. The summed E-state index contributed by atoms with van der Waals surface area (Å²) in [7, 11) is 3.88. The Bertz CT molecular complexity index is 677. The number of nitrogens with one attached hydrogen (secondary N) is 2. The number of carbonyl (C=O) groups is 2. The van der Waals surface area contributed by atoms with Crippen LogP contribution in [0, 0.1) is 6.92 Å². The van der Waals surface area contributed by atoms with E-state index in [9.17, 15) is 9.59 Å². The minimum atomic E-state index is -1.21. The van der Waals surface area contributed by atoms with E-state index >= 15 is 0 Å². The zero-order chi connectivity index (χ0) is 16.3. The Hall–Kier alpha value is -2.19. The van der Waals surface area contributed by atoms with E-state index in [0.717, 1.165) is 0 Å². The lowest BCUT2D eigenvalue weighted by atomic mass is 10.1. The number of thiophene rings is 1. The Morgan fingerprint density at radius 1 is 1.50 bits per heavy atom. The van der Waals surface area contributed by atoms with E-state index in [2.05, 4.69) is 15.3 Å². The van der Waals surface area contributed by atoms with Crippen molar-refractivity contribution in [2.24, 2.45) is 0 Å². The van der Waals surface area contributed by atoms with Gasteiger partial charge in [0, 0.05) is 11.4 Å². The van der Waals surface area contributed by atoms with Crippen molar-refractivity contribution in [2.75, 3.05) is 20.6 Å². The average molecular weight is 322 g/mol. The van der Waals surface area contributed by atoms with Gasteiger partial charge < -0.3 is 20.3 Å². The highest BCUT2D eigenvalue weighted by Gasteiger charge is 2.22. The first-order chi connectivity index (χ1) is 10.4. The van der Waals surface area contributed by atoms with Crippen LogP contribution in [0.5, 0.6) is 0 Å². The molecule has 0 unspecified atom stereocenters. The van der Waals surface area contributed by atoms with Crippen molar-refractivity contribution in [3.05, 3.63) is 39.6 Å². The second-order valence-corrected chi connectivity index (χ2v) is 6.04. The number of amides is 1. The van der Waals surface area contributed by atoms with Crippen LogP contribution in [0.25, 0.3) is 0 Å².